The molecule has 0 aromatic carbocycles. The summed E-state index contributed by atoms with van der Waals surface area (Å²) in [6.07, 6.45) is 2.56. The largest absolute Gasteiger partial charge is 0.307 e. The van der Waals surface area contributed by atoms with Crippen LogP contribution in [-0.4, -0.2) is 25.9 Å². The van der Waals surface area contributed by atoms with E-state index >= 15 is 0 Å². The van der Waals surface area contributed by atoms with Crippen molar-refractivity contribution in [1.82, 2.24) is 25.1 Å². The van der Waals surface area contributed by atoms with Gasteiger partial charge in [0, 0.05) is 6.04 Å². The van der Waals surface area contributed by atoms with E-state index in [9.17, 15) is 0 Å². The quantitative estimate of drug-likeness (QED) is 0.797. The van der Waals surface area contributed by atoms with Gasteiger partial charge in [0.15, 0.2) is 11.5 Å². The molecular formula is C10H13N5. The van der Waals surface area contributed by atoms with Crippen LogP contribution >= 0.6 is 0 Å². The van der Waals surface area contributed by atoms with E-state index < -0.39 is 0 Å². The van der Waals surface area contributed by atoms with Gasteiger partial charge in [-0.25, -0.2) is 0 Å². The monoisotopic (exact) mass is 203 g/mol. The second-order valence-corrected chi connectivity index (χ2v) is 4.02. The molecule has 0 saturated heterocycles. The Hall–Kier alpha value is -1.49. The molecule has 0 atom stereocenters. The van der Waals surface area contributed by atoms with Crippen molar-refractivity contribution in [2.75, 3.05) is 0 Å². The van der Waals surface area contributed by atoms with Gasteiger partial charge in [-0.2, -0.15) is 9.61 Å². The molecule has 5 nitrogen and oxygen atoms in total. The van der Waals surface area contributed by atoms with E-state index in [1.807, 2.05) is 23.6 Å². The van der Waals surface area contributed by atoms with Gasteiger partial charge >= 0.3 is 0 Å². The number of nitrogens with zero attached hydrogens (tertiary/aromatic N) is 4. The maximum absolute atomic E-state index is 4.39. The second-order valence-electron chi connectivity index (χ2n) is 4.02. The van der Waals surface area contributed by atoms with Gasteiger partial charge in [-0.05, 0) is 31.9 Å². The summed E-state index contributed by atoms with van der Waals surface area (Å²) in [6, 6.07) is 4.57. The van der Waals surface area contributed by atoms with Crippen LogP contribution in [0.5, 0.6) is 0 Å². The third kappa shape index (κ3) is 1.70. The number of aryl methyl sites for hydroxylation is 1. The first-order valence-electron chi connectivity index (χ1n) is 5.24. The van der Waals surface area contributed by atoms with E-state index in [2.05, 4.69) is 20.6 Å². The highest BCUT2D eigenvalue weighted by atomic mass is 15.4. The van der Waals surface area contributed by atoms with Gasteiger partial charge in [-0.3, -0.25) is 0 Å². The highest BCUT2D eigenvalue weighted by molar-refractivity contribution is 5.35. The van der Waals surface area contributed by atoms with Crippen LogP contribution in [0.1, 0.15) is 24.4 Å². The van der Waals surface area contributed by atoms with E-state index in [0.717, 1.165) is 23.7 Å². The van der Waals surface area contributed by atoms with Crippen LogP contribution in [0.15, 0.2) is 12.1 Å². The molecule has 0 spiro atoms. The highest BCUT2D eigenvalue weighted by Crippen LogP contribution is 2.19. The average molecular weight is 203 g/mol. The maximum Gasteiger partial charge on any atom is 0.177 e. The Balaban J connectivity index is 1.91. The Morgan fingerprint density at radius 2 is 2.27 bits per heavy atom. The van der Waals surface area contributed by atoms with Crippen LogP contribution in [0.2, 0.25) is 0 Å². The fraction of sp³-hybridized carbons (Fsp3) is 0.500. The number of fused-ring (bicyclic) bond motifs is 1. The van der Waals surface area contributed by atoms with Crippen molar-refractivity contribution in [2.24, 2.45) is 0 Å². The molecule has 5 heteroatoms. The number of aromatic nitrogens is 4. The minimum atomic E-state index is 0.683. The Labute approximate surface area is 87.5 Å². The molecule has 0 radical (unpaired) electrons. The number of hydrogen-bond donors (Lipinski definition) is 1. The minimum Gasteiger partial charge on any atom is -0.307 e. The first kappa shape index (κ1) is 8.79. The SMILES string of the molecule is Cc1ccc2nnc(CNC3CC3)n2n1. The Kier molecular flexibility index (Phi) is 1.92. The minimum absolute atomic E-state index is 0.683. The molecule has 1 N–H and O–H groups in total. The first-order chi connectivity index (χ1) is 7.33. The third-order valence-corrected chi connectivity index (χ3v) is 2.59. The Morgan fingerprint density at radius 1 is 1.40 bits per heavy atom. The molecule has 78 valence electrons. The number of nitrogens with one attached hydrogen (secondary N) is 1. The molecule has 0 aliphatic heterocycles. The molecule has 2 aromatic rings. The Bertz CT molecular complexity index is 486. The lowest BCUT2D eigenvalue weighted by atomic mass is 10.4. The average Bonchev–Trinajstić information content (AvgIpc) is 2.97. The van der Waals surface area contributed by atoms with Gasteiger partial charge in [-0.1, -0.05) is 0 Å². The van der Waals surface area contributed by atoms with Crippen molar-refractivity contribution in [3.63, 3.8) is 0 Å². The van der Waals surface area contributed by atoms with Crippen molar-refractivity contribution >= 4 is 5.65 Å². The predicted octanol–water partition coefficient (Wildman–Crippen LogP) is 0.685. The zero-order chi connectivity index (χ0) is 10.3. The molecular weight excluding hydrogens is 190 g/mol. The summed E-state index contributed by atoms with van der Waals surface area (Å²) in [5.41, 5.74) is 1.79. The summed E-state index contributed by atoms with van der Waals surface area (Å²) >= 11 is 0. The van der Waals surface area contributed by atoms with Crippen molar-refractivity contribution < 1.29 is 0 Å². The zero-order valence-corrected chi connectivity index (χ0v) is 8.64. The normalized spacial score (nSPS) is 16.1. The van der Waals surface area contributed by atoms with Gasteiger partial charge in [0.25, 0.3) is 0 Å². The molecule has 2 aromatic heterocycles. The van der Waals surface area contributed by atoms with E-state index in [-0.39, 0.29) is 0 Å². The van der Waals surface area contributed by atoms with Gasteiger partial charge in [0.05, 0.1) is 12.2 Å². The van der Waals surface area contributed by atoms with Crippen LogP contribution in [0.3, 0.4) is 0 Å². The highest BCUT2D eigenvalue weighted by Gasteiger charge is 2.21. The molecule has 0 unspecified atom stereocenters. The first-order valence-corrected chi connectivity index (χ1v) is 5.24. The lowest BCUT2D eigenvalue weighted by Gasteiger charge is -2.00. The van der Waals surface area contributed by atoms with E-state index in [1.54, 1.807) is 0 Å². The lowest BCUT2D eigenvalue weighted by molar-refractivity contribution is 0.637. The van der Waals surface area contributed by atoms with Gasteiger partial charge < -0.3 is 5.32 Å². The smallest absolute Gasteiger partial charge is 0.177 e. The zero-order valence-electron chi connectivity index (χ0n) is 8.64. The molecule has 3 rings (SSSR count). The summed E-state index contributed by atoms with van der Waals surface area (Å²) in [6.45, 7) is 2.72. The van der Waals surface area contributed by atoms with Crippen LogP contribution in [0.25, 0.3) is 5.65 Å². The molecule has 2 heterocycles. The second kappa shape index (κ2) is 3.27. The summed E-state index contributed by atoms with van der Waals surface area (Å²) in [5.74, 6) is 0.889. The molecule has 1 aliphatic carbocycles. The summed E-state index contributed by atoms with van der Waals surface area (Å²) in [5, 5.41) is 16.0. The number of hydrogen-bond acceptors (Lipinski definition) is 4. The van der Waals surface area contributed by atoms with Crippen molar-refractivity contribution in [1.29, 1.82) is 0 Å². The predicted molar refractivity (Wildman–Crippen MR) is 55.4 cm³/mol. The fourth-order valence-electron chi connectivity index (χ4n) is 1.56. The topological polar surface area (TPSA) is 55.1 Å². The summed E-state index contributed by atoms with van der Waals surface area (Å²) < 4.78 is 1.81. The van der Waals surface area contributed by atoms with Crippen LogP contribution < -0.4 is 5.32 Å². The van der Waals surface area contributed by atoms with E-state index in [4.69, 9.17) is 0 Å². The molecule has 15 heavy (non-hydrogen) atoms. The molecule has 1 saturated carbocycles. The van der Waals surface area contributed by atoms with Crippen LogP contribution in [0, 0.1) is 6.92 Å². The molecule has 1 fully saturated rings. The van der Waals surface area contributed by atoms with Gasteiger partial charge in [-0.15, -0.1) is 10.2 Å². The maximum atomic E-state index is 4.39. The van der Waals surface area contributed by atoms with Gasteiger partial charge in [0.2, 0.25) is 0 Å². The van der Waals surface area contributed by atoms with Gasteiger partial charge in [0.1, 0.15) is 0 Å². The molecule has 0 amide bonds. The Morgan fingerprint density at radius 3 is 3.07 bits per heavy atom. The third-order valence-electron chi connectivity index (χ3n) is 2.59. The van der Waals surface area contributed by atoms with E-state index in [1.165, 1.54) is 12.8 Å². The number of rotatable bonds is 3. The lowest BCUT2D eigenvalue weighted by Crippen LogP contribution is -2.18. The standard InChI is InChI=1S/C10H13N5/c1-7-2-5-9-12-13-10(15(9)14-7)6-11-8-3-4-8/h2,5,8,11H,3-4,6H2,1H3. The fourth-order valence-corrected chi connectivity index (χ4v) is 1.56. The van der Waals surface area contributed by atoms with Crippen LogP contribution in [-0.2, 0) is 6.54 Å². The molecule has 1 aliphatic rings. The van der Waals surface area contributed by atoms with Crippen molar-refractivity contribution in [3.05, 3.63) is 23.7 Å². The molecule has 0 bridgehead atoms. The van der Waals surface area contributed by atoms with E-state index in [0.29, 0.717) is 6.04 Å². The summed E-state index contributed by atoms with van der Waals surface area (Å²) in [7, 11) is 0. The van der Waals surface area contributed by atoms with Crippen LogP contribution in [0.4, 0.5) is 0 Å². The van der Waals surface area contributed by atoms with Crippen molar-refractivity contribution in [2.45, 2.75) is 32.4 Å². The van der Waals surface area contributed by atoms with Crippen molar-refractivity contribution in [3.8, 4) is 0 Å². The summed E-state index contributed by atoms with van der Waals surface area (Å²) in [4.78, 5) is 0.